The van der Waals surface area contributed by atoms with Gasteiger partial charge in [0.15, 0.2) is 0 Å². The molecule has 21 heavy (non-hydrogen) atoms. The zero-order chi connectivity index (χ0) is 15.7. The Bertz CT molecular complexity index is 423. The van der Waals surface area contributed by atoms with Crippen LogP contribution in [0.3, 0.4) is 0 Å². The molecule has 0 aromatic rings. The molecule has 0 unspecified atom stereocenters. The molecule has 0 radical (unpaired) electrons. The van der Waals surface area contributed by atoms with Crippen molar-refractivity contribution in [1.82, 2.24) is 0 Å². The highest BCUT2D eigenvalue weighted by Gasteiger charge is 2.09. The van der Waals surface area contributed by atoms with Crippen molar-refractivity contribution >= 4 is 0 Å². The van der Waals surface area contributed by atoms with Crippen LogP contribution in [0.4, 0.5) is 0 Å². The maximum absolute atomic E-state index is 9.51. The lowest BCUT2D eigenvalue weighted by molar-refractivity contribution is 0.325. The molecule has 1 atom stereocenters. The van der Waals surface area contributed by atoms with Gasteiger partial charge in [0.25, 0.3) is 0 Å². The molecule has 0 saturated carbocycles. The number of hydrogen-bond donors (Lipinski definition) is 1. The minimum absolute atomic E-state index is 0.189. The van der Waals surface area contributed by atoms with Gasteiger partial charge in [-0.2, -0.15) is 0 Å². The lowest BCUT2D eigenvalue weighted by Gasteiger charge is -2.16. The third-order valence-corrected chi connectivity index (χ3v) is 4.47. The van der Waals surface area contributed by atoms with Crippen LogP contribution in [-0.2, 0) is 0 Å². The standard InChI is InChI=1S/C20H32O/c1-16(2)20-13-11-18(4)8-5-7-17(3)9-6-10-19(15-21)12-14-20/h8-9,12,20-21H,1,5-7,10-11,13-15H2,2-4H3/b17-9+,18-8+,19-12-/t20-/m1/s1. The Kier molecular flexibility index (Phi) is 8.37. The van der Waals surface area contributed by atoms with E-state index >= 15 is 0 Å². The van der Waals surface area contributed by atoms with Crippen molar-refractivity contribution in [2.45, 2.75) is 65.7 Å². The van der Waals surface area contributed by atoms with Crippen molar-refractivity contribution in [3.8, 4) is 0 Å². The Morgan fingerprint density at radius 3 is 2.33 bits per heavy atom. The van der Waals surface area contributed by atoms with Gasteiger partial charge < -0.3 is 5.11 Å². The second-order valence-electron chi connectivity index (χ2n) is 6.52. The average molecular weight is 288 g/mol. The van der Waals surface area contributed by atoms with E-state index in [-0.39, 0.29) is 6.61 Å². The van der Waals surface area contributed by atoms with E-state index in [0.29, 0.717) is 5.92 Å². The molecule has 1 aliphatic rings. The lowest BCUT2D eigenvalue weighted by atomic mass is 9.89. The molecule has 0 saturated heterocycles. The number of hydrogen-bond acceptors (Lipinski definition) is 1. The first-order valence-corrected chi connectivity index (χ1v) is 8.28. The number of aliphatic hydroxyl groups is 1. The molecular weight excluding hydrogens is 256 g/mol. The van der Waals surface area contributed by atoms with E-state index in [2.05, 4.69) is 45.6 Å². The zero-order valence-electron chi connectivity index (χ0n) is 14.1. The van der Waals surface area contributed by atoms with Crippen LogP contribution in [0.15, 0.2) is 47.1 Å². The minimum Gasteiger partial charge on any atom is -0.392 e. The number of rotatable bonds is 2. The summed E-state index contributed by atoms with van der Waals surface area (Å²) in [7, 11) is 0. The maximum atomic E-state index is 9.51. The van der Waals surface area contributed by atoms with E-state index in [9.17, 15) is 5.11 Å². The van der Waals surface area contributed by atoms with E-state index in [0.717, 1.165) is 38.5 Å². The lowest BCUT2D eigenvalue weighted by Crippen LogP contribution is -2.02. The Hall–Kier alpha value is -1.08. The van der Waals surface area contributed by atoms with E-state index in [1.165, 1.54) is 28.7 Å². The van der Waals surface area contributed by atoms with Crippen molar-refractivity contribution in [2.75, 3.05) is 6.61 Å². The fraction of sp³-hybridized carbons (Fsp3) is 0.600. The molecule has 0 fully saturated rings. The third kappa shape index (κ3) is 7.47. The van der Waals surface area contributed by atoms with E-state index in [1.807, 2.05) is 0 Å². The molecule has 1 N–H and O–H groups in total. The van der Waals surface area contributed by atoms with Gasteiger partial charge in [0.1, 0.15) is 0 Å². The minimum atomic E-state index is 0.189. The molecule has 0 aromatic carbocycles. The van der Waals surface area contributed by atoms with Crippen molar-refractivity contribution < 1.29 is 5.11 Å². The maximum Gasteiger partial charge on any atom is 0.0641 e. The molecule has 0 aliphatic heterocycles. The summed E-state index contributed by atoms with van der Waals surface area (Å²) in [6, 6.07) is 0. The molecule has 0 heterocycles. The van der Waals surface area contributed by atoms with Gasteiger partial charge in [-0.05, 0) is 77.2 Å². The molecule has 0 spiro atoms. The largest absolute Gasteiger partial charge is 0.392 e. The van der Waals surface area contributed by atoms with Crippen LogP contribution in [0.5, 0.6) is 0 Å². The van der Waals surface area contributed by atoms with Gasteiger partial charge in [0.2, 0.25) is 0 Å². The first-order chi connectivity index (χ1) is 10.0. The Morgan fingerprint density at radius 2 is 1.71 bits per heavy atom. The average Bonchev–Trinajstić information content (AvgIpc) is 2.44. The molecule has 0 amide bonds. The van der Waals surface area contributed by atoms with Crippen LogP contribution in [0.25, 0.3) is 0 Å². The summed E-state index contributed by atoms with van der Waals surface area (Å²) in [5.74, 6) is 0.537. The normalized spacial score (nSPS) is 30.1. The molecule has 1 nitrogen and oxygen atoms in total. The van der Waals surface area contributed by atoms with Gasteiger partial charge >= 0.3 is 0 Å². The van der Waals surface area contributed by atoms with Gasteiger partial charge in [-0.3, -0.25) is 0 Å². The highest BCUT2D eigenvalue weighted by Crippen LogP contribution is 2.24. The monoisotopic (exact) mass is 288 g/mol. The first kappa shape index (κ1) is 18.0. The van der Waals surface area contributed by atoms with Gasteiger partial charge in [-0.1, -0.05) is 41.5 Å². The van der Waals surface area contributed by atoms with Crippen LogP contribution in [0.1, 0.15) is 65.7 Å². The molecule has 1 aliphatic carbocycles. The van der Waals surface area contributed by atoms with E-state index < -0.39 is 0 Å². The zero-order valence-corrected chi connectivity index (χ0v) is 14.1. The van der Waals surface area contributed by atoms with Crippen molar-refractivity contribution in [1.29, 1.82) is 0 Å². The summed E-state index contributed by atoms with van der Waals surface area (Å²) in [6.45, 7) is 10.9. The summed E-state index contributed by atoms with van der Waals surface area (Å²) >= 11 is 0. The highest BCUT2D eigenvalue weighted by atomic mass is 16.3. The Balaban J connectivity index is 2.83. The Labute approximate surface area is 131 Å². The van der Waals surface area contributed by atoms with Crippen LogP contribution in [0.2, 0.25) is 0 Å². The summed E-state index contributed by atoms with van der Waals surface area (Å²) < 4.78 is 0. The van der Waals surface area contributed by atoms with E-state index in [1.54, 1.807) is 0 Å². The molecule has 0 bridgehead atoms. The molecule has 1 heteroatoms. The summed E-state index contributed by atoms with van der Waals surface area (Å²) in [5.41, 5.74) is 5.40. The fourth-order valence-electron chi connectivity index (χ4n) is 2.78. The number of allylic oxidation sites excluding steroid dienone is 6. The van der Waals surface area contributed by atoms with Crippen molar-refractivity contribution in [3.63, 3.8) is 0 Å². The number of aliphatic hydroxyl groups excluding tert-OH is 1. The van der Waals surface area contributed by atoms with Crippen LogP contribution in [-0.4, -0.2) is 11.7 Å². The van der Waals surface area contributed by atoms with Gasteiger partial charge in [0, 0.05) is 0 Å². The van der Waals surface area contributed by atoms with Crippen LogP contribution in [0, 0.1) is 5.92 Å². The second-order valence-corrected chi connectivity index (χ2v) is 6.52. The first-order valence-electron chi connectivity index (χ1n) is 8.28. The summed E-state index contributed by atoms with van der Waals surface area (Å²) in [5, 5.41) is 9.51. The third-order valence-electron chi connectivity index (χ3n) is 4.47. The summed E-state index contributed by atoms with van der Waals surface area (Å²) in [6.07, 6.45) is 14.6. The van der Waals surface area contributed by atoms with Gasteiger partial charge in [-0.15, -0.1) is 0 Å². The summed E-state index contributed by atoms with van der Waals surface area (Å²) in [4.78, 5) is 0. The predicted octanol–water partition coefficient (Wildman–Crippen LogP) is 5.73. The Morgan fingerprint density at radius 1 is 1.10 bits per heavy atom. The molecule has 0 aromatic heterocycles. The van der Waals surface area contributed by atoms with Crippen LogP contribution < -0.4 is 0 Å². The molecule has 118 valence electrons. The van der Waals surface area contributed by atoms with Crippen molar-refractivity contribution in [3.05, 3.63) is 47.1 Å². The van der Waals surface area contributed by atoms with Crippen molar-refractivity contribution in [2.24, 2.45) is 5.92 Å². The topological polar surface area (TPSA) is 20.2 Å². The highest BCUT2D eigenvalue weighted by molar-refractivity contribution is 5.11. The quantitative estimate of drug-likeness (QED) is 0.643. The molecular formula is C20H32O. The van der Waals surface area contributed by atoms with Gasteiger partial charge in [0.05, 0.1) is 6.61 Å². The fourth-order valence-corrected chi connectivity index (χ4v) is 2.78. The van der Waals surface area contributed by atoms with Crippen LogP contribution >= 0.6 is 0 Å². The van der Waals surface area contributed by atoms with Gasteiger partial charge in [-0.25, -0.2) is 0 Å². The van der Waals surface area contributed by atoms with E-state index in [4.69, 9.17) is 0 Å². The predicted molar refractivity (Wildman–Crippen MR) is 93.3 cm³/mol. The molecule has 1 rings (SSSR count). The second kappa shape index (κ2) is 9.78. The SMILES string of the molecule is C=C(C)[C@H]1C/C=C(\CO)CC/C=C(\C)CC/C=C(\C)CC1. The smallest absolute Gasteiger partial charge is 0.0641 e.